The van der Waals surface area contributed by atoms with Gasteiger partial charge in [-0.1, -0.05) is 0 Å². The predicted molar refractivity (Wildman–Crippen MR) is 56.5 cm³/mol. The molecule has 1 heterocycles. The lowest BCUT2D eigenvalue weighted by Crippen LogP contribution is -2.43. The summed E-state index contributed by atoms with van der Waals surface area (Å²) in [5.41, 5.74) is 0. The smallest absolute Gasteiger partial charge is 0.185 e. The Kier molecular flexibility index (Phi) is 3.94. The largest absolute Gasteiger partial charge is 0.349 e. The van der Waals surface area contributed by atoms with Crippen molar-refractivity contribution in [1.29, 1.82) is 0 Å². The van der Waals surface area contributed by atoms with E-state index in [1.165, 1.54) is 12.8 Å². The molecule has 74 valence electrons. The van der Waals surface area contributed by atoms with Crippen LogP contribution in [0.1, 0.15) is 19.8 Å². The zero-order chi connectivity index (χ0) is 9.84. The lowest BCUT2D eigenvalue weighted by Gasteiger charge is -2.34. The molecule has 0 aromatic rings. The van der Waals surface area contributed by atoms with Crippen LogP contribution in [0.15, 0.2) is 0 Å². The molecule has 1 aliphatic heterocycles. The van der Waals surface area contributed by atoms with E-state index in [0.29, 0.717) is 12.6 Å². The van der Waals surface area contributed by atoms with Crippen LogP contribution in [0.4, 0.5) is 0 Å². The lowest BCUT2D eigenvalue weighted by molar-refractivity contribution is -0.118. The maximum absolute atomic E-state index is 10.9. The molecule has 4 heteroatoms. The highest BCUT2D eigenvalue weighted by atomic mass is 16.1. The van der Waals surface area contributed by atoms with Crippen LogP contribution in [0.2, 0.25) is 0 Å². The van der Waals surface area contributed by atoms with Gasteiger partial charge in [0, 0.05) is 6.04 Å². The van der Waals surface area contributed by atoms with Crippen molar-refractivity contribution in [3.05, 3.63) is 0 Å². The maximum Gasteiger partial charge on any atom is 0.185 e. The van der Waals surface area contributed by atoms with Crippen LogP contribution < -0.4 is 0 Å². The molecule has 1 aliphatic rings. The third kappa shape index (κ3) is 3.49. The summed E-state index contributed by atoms with van der Waals surface area (Å²) in [5, 5.41) is 0. The van der Waals surface area contributed by atoms with Crippen molar-refractivity contribution in [2.45, 2.75) is 25.8 Å². The van der Waals surface area contributed by atoms with Crippen molar-refractivity contribution in [3.63, 3.8) is 0 Å². The highest BCUT2D eigenvalue weighted by molar-refractivity contribution is 6.04. The van der Waals surface area contributed by atoms with Gasteiger partial charge in [-0.2, -0.15) is 0 Å². The van der Waals surface area contributed by atoms with E-state index >= 15 is 0 Å². The Morgan fingerprint density at radius 2 is 2.08 bits per heavy atom. The third-order valence-corrected chi connectivity index (χ3v) is 2.78. The second kappa shape index (κ2) is 4.77. The Morgan fingerprint density at radius 1 is 1.54 bits per heavy atom. The quantitative estimate of drug-likeness (QED) is 0.551. The van der Waals surface area contributed by atoms with Crippen LogP contribution in [0.5, 0.6) is 0 Å². The van der Waals surface area contributed by atoms with Gasteiger partial charge in [-0.25, -0.2) is 0 Å². The molecule has 0 bridgehead atoms. The van der Waals surface area contributed by atoms with Crippen molar-refractivity contribution in [1.82, 2.24) is 9.71 Å². The summed E-state index contributed by atoms with van der Waals surface area (Å²) in [4.78, 5) is 15.4. The van der Waals surface area contributed by atoms with Gasteiger partial charge in [0.25, 0.3) is 0 Å². The molecule has 0 aromatic carbocycles. The first kappa shape index (κ1) is 10.7. The van der Waals surface area contributed by atoms with Crippen LogP contribution in [0, 0.1) is 0 Å². The Morgan fingerprint density at radius 3 is 2.54 bits per heavy atom. The van der Waals surface area contributed by atoms with Gasteiger partial charge in [0.05, 0.1) is 6.54 Å². The number of Topliss-reactive ketones (excluding diaryl/α,β-unsaturated/α-hetero) is 1. The molecule has 13 heavy (non-hydrogen) atoms. The van der Waals surface area contributed by atoms with Gasteiger partial charge < -0.3 is 4.81 Å². The van der Waals surface area contributed by atoms with Gasteiger partial charge in [-0.15, -0.1) is 0 Å². The number of carbonyl (C=O) groups is 1. The second-order valence-electron chi connectivity index (χ2n) is 4.15. The topological polar surface area (TPSA) is 23.6 Å². The highest BCUT2D eigenvalue weighted by Gasteiger charge is 2.20. The number of nitrogens with zero attached hydrogens (tertiary/aromatic N) is 2. The third-order valence-electron chi connectivity index (χ3n) is 2.78. The molecule has 0 spiro atoms. The van der Waals surface area contributed by atoms with Gasteiger partial charge in [0.1, 0.15) is 5.78 Å². The van der Waals surface area contributed by atoms with E-state index in [2.05, 4.69) is 24.7 Å². The van der Waals surface area contributed by atoms with E-state index in [9.17, 15) is 4.79 Å². The molecular weight excluding hydrogens is 163 g/mol. The van der Waals surface area contributed by atoms with Gasteiger partial charge >= 0.3 is 0 Å². The van der Waals surface area contributed by atoms with Gasteiger partial charge in [0.15, 0.2) is 7.98 Å². The van der Waals surface area contributed by atoms with E-state index in [0.717, 1.165) is 13.1 Å². The first-order chi connectivity index (χ1) is 6.09. The van der Waals surface area contributed by atoms with Crippen LogP contribution in [0.3, 0.4) is 0 Å². The van der Waals surface area contributed by atoms with E-state index in [1.807, 2.05) is 0 Å². The summed E-state index contributed by atoms with van der Waals surface area (Å²) >= 11 is 0. The monoisotopic (exact) mass is 182 g/mol. The summed E-state index contributed by atoms with van der Waals surface area (Å²) in [5.74, 6) is 0.265. The molecule has 1 fully saturated rings. The molecular formula is C9H19BN2O. The van der Waals surface area contributed by atoms with E-state index < -0.39 is 0 Å². The molecule has 0 atom stereocenters. The number of rotatable bonds is 3. The Labute approximate surface area is 81.5 Å². The molecule has 1 rings (SSSR count). The number of piperidine rings is 1. The Bertz CT molecular complexity index is 178. The van der Waals surface area contributed by atoms with Crippen LogP contribution in [-0.2, 0) is 4.79 Å². The van der Waals surface area contributed by atoms with Crippen LogP contribution in [-0.4, -0.2) is 56.2 Å². The van der Waals surface area contributed by atoms with Crippen molar-refractivity contribution in [3.8, 4) is 0 Å². The SMILES string of the molecule is BN1CCC(N(C)CC(C)=O)CC1. The molecule has 0 aliphatic carbocycles. The molecule has 1 saturated heterocycles. The summed E-state index contributed by atoms with van der Waals surface area (Å²) in [7, 11) is 4.21. The minimum atomic E-state index is 0.265. The fourth-order valence-corrected chi connectivity index (χ4v) is 1.92. The Hall–Kier alpha value is -0.345. The first-order valence-electron chi connectivity index (χ1n) is 4.98. The van der Waals surface area contributed by atoms with E-state index in [4.69, 9.17) is 0 Å². The molecule has 0 unspecified atom stereocenters. The normalized spacial score (nSPS) is 20.8. The van der Waals surface area contributed by atoms with E-state index in [-0.39, 0.29) is 5.78 Å². The minimum Gasteiger partial charge on any atom is -0.349 e. The Balaban J connectivity index is 2.31. The van der Waals surface area contributed by atoms with Gasteiger partial charge in [-0.05, 0) is 39.9 Å². The van der Waals surface area contributed by atoms with Gasteiger partial charge in [-0.3, -0.25) is 9.69 Å². The number of hydrogen-bond donors (Lipinski definition) is 0. The van der Waals surface area contributed by atoms with Crippen molar-refractivity contribution >= 4 is 13.8 Å². The molecule has 3 nitrogen and oxygen atoms in total. The van der Waals surface area contributed by atoms with Crippen LogP contribution in [0.25, 0.3) is 0 Å². The number of carbonyl (C=O) groups excluding carboxylic acids is 1. The zero-order valence-corrected chi connectivity index (χ0v) is 8.92. The number of likely N-dealkylation sites (N-methyl/N-ethyl adjacent to an activating group) is 1. The average molecular weight is 182 g/mol. The molecule has 0 N–H and O–H groups in total. The average Bonchev–Trinajstić information content (AvgIpc) is 2.04. The van der Waals surface area contributed by atoms with Crippen molar-refractivity contribution in [2.75, 3.05) is 26.7 Å². The summed E-state index contributed by atoms with van der Waals surface area (Å²) in [6.45, 7) is 4.58. The molecule has 0 saturated carbocycles. The minimum absolute atomic E-state index is 0.265. The van der Waals surface area contributed by atoms with Gasteiger partial charge in [0.2, 0.25) is 0 Å². The fourth-order valence-electron chi connectivity index (χ4n) is 1.92. The number of ketones is 1. The summed E-state index contributed by atoms with van der Waals surface area (Å²) in [6, 6.07) is 0.611. The molecule has 0 amide bonds. The standard InChI is InChI=1S/C9H19BN2O/c1-8(13)7-11(2)9-3-5-12(10)6-4-9/h9H,3-7,10H2,1-2H3. The maximum atomic E-state index is 10.9. The second-order valence-corrected chi connectivity index (χ2v) is 4.15. The molecule has 0 radical (unpaired) electrons. The van der Waals surface area contributed by atoms with Crippen molar-refractivity contribution < 1.29 is 4.79 Å². The summed E-state index contributed by atoms with van der Waals surface area (Å²) in [6.07, 6.45) is 2.39. The number of hydrogen-bond acceptors (Lipinski definition) is 3. The summed E-state index contributed by atoms with van der Waals surface area (Å²) < 4.78 is 0. The first-order valence-corrected chi connectivity index (χ1v) is 4.98. The zero-order valence-electron chi connectivity index (χ0n) is 8.92. The fraction of sp³-hybridized carbons (Fsp3) is 0.889. The van der Waals surface area contributed by atoms with Crippen LogP contribution >= 0.6 is 0 Å². The van der Waals surface area contributed by atoms with E-state index in [1.54, 1.807) is 6.92 Å². The predicted octanol–water partition coefficient (Wildman–Crippen LogP) is -0.480. The highest BCUT2D eigenvalue weighted by Crippen LogP contribution is 2.13. The lowest BCUT2D eigenvalue weighted by atomic mass is 10.0. The molecule has 0 aromatic heterocycles. The van der Waals surface area contributed by atoms with Crippen molar-refractivity contribution in [2.24, 2.45) is 0 Å².